The Labute approximate surface area is 173 Å². The number of fused-ring (bicyclic) bond motifs is 1. The first-order valence-corrected chi connectivity index (χ1v) is 10.1. The summed E-state index contributed by atoms with van der Waals surface area (Å²) < 4.78 is 6.87. The van der Waals surface area contributed by atoms with E-state index in [0.717, 1.165) is 31.1 Å². The first kappa shape index (κ1) is 19.5. The van der Waals surface area contributed by atoms with Crippen molar-refractivity contribution in [1.82, 2.24) is 15.1 Å². The fourth-order valence-electron chi connectivity index (χ4n) is 3.92. The third kappa shape index (κ3) is 3.85. The summed E-state index contributed by atoms with van der Waals surface area (Å²) in [6.45, 7) is 0.196. The van der Waals surface area contributed by atoms with E-state index in [2.05, 4.69) is 10.4 Å². The van der Waals surface area contributed by atoms with Crippen molar-refractivity contribution in [1.29, 1.82) is 0 Å². The quantitative estimate of drug-likeness (QED) is 0.685. The molecule has 1 aliphatic rings. The summed E-state index contributed by atoms with van der Waals surface area (Å²) in [6, 6.07) is 12.4. The molecule has 6 nitrogen and oxygen atoms in total. The van der Waals surface area contributed by atoms with Gasteiger partial charge in [-0.15, -0.1) is 0 Å². The monoisotopic (exact) mass is 411 g/mol. The van der Waals surface area contributed by atoms with Crippen molar-refractivity contribution in [3.8, 4) is 5.75 Å². The number of methoxy groups -OCH3 is 1. The number of hydrogen-bond acceptors (Lipinski definition) is 4. The van der Waals surface area contributed by atoms with Crippen LogP contribution in [0.15, 0.2) is 47.3 Å². The second-order valence-corrected chi connectivity index (χ2v) is 7.64. The molecule has 1 heterocycles. The number of aromatic nitrogens is 2. The van der Waals surface area contributed by atoms with Crippen LogP contribution in [0.5, 0.6) is 5.75 Å². The molecular formula is C22H22ClN3O3. The molecule has 1 saturated carbocycles. The average molecular weight is 412 g/mol. The zero-order chi connectivity index (χ0) is 20.4. The Hall–Kier alpha value is -2.86. The number of carbonyl (C=O) groups excluding carboxylic acids is 1. The number of halogens is 1. The van der Waals surface area contributed by atoms with Gasteiger partial charge in [0.05, 0.1) is 36.3 Å². The predicted octanol–water partition coefficient (Wildman–Crippen LogP) is 4.10. The van der Waals surface area contributed by atoms with Crippen molar-refractivity contribution in [2.24, 2.45) is 0 Å². The Morgan fingerprint density at radius 3 is 2.66 bits per heavy atom. The highest BCUT2D eigenvalue weighted by Crippen LogP contribution is 2.28. The van der Waals surface area contributed by atoms with E-state index in [1.54, 1.807) is 22.9 Å². The molecule has 4 rings (SSSR count). The Kier molecular flexibility index (Phi) is 5.53. The first-order valence-electron chi connectivity index (χ1n) is 9.70. The summed E-state index contributed by atoms with van der Waals surface area (Å²) in [7, 11) is 1.51. The van der Waals surface area contributed by atoms with Gasteiger partial charge < -0.3 is 10.1 Å². The van der Waals surface area contributed by atoms with Gasteiger partial charge in [0.15, 0.2) is 0 Å². The van der Waals surface area contributed by atoms with Crippen molar-refractivity contribution in [3.05, 3.63) is 69.1 Å². The van der Waals surface area contributed by atoms with Crippen LogP contribution in [0.2, 0.25) is 5.02 Å². The van der Waals surface area contributed by atoms with Gasteiger partial charge in [-0.3, -0.25) is 9.59 Å². The molecule has 1 amide bonds. The maximum atomic E-state index is 12.9. The van der Waals surface area contributed by atoms with Crippen LogP contribution in [0.3, 0.4) is 0 Å². The largest absolute Gasteiger partial charge is 0.496 e. The van der Waals surface area contributed by atoms with Gasteiger partial charge in [-0.25, -0.2) is 4.68 Å². The van der Waals surface area contributed by atoms with E-state index in [4.69, 9.17) is 16.3 Å². The summed E-state index contributed by atoms with van der Waals surface area (Å²) in [5.74, 6) is 0.134. The van der Waals surface area contributed by atoms with Crippen molar-refractivity contribution in [2.45, 2.75) is 38.3 Å². The fraction of sp³-hybridized carbons (Fsp3) is 0.318. The van der Waals surface area contributed by atoms with Crippen molar-refractivity contribution in [2.75, 3.05) is 7.11 Å². The molecule has 0 bridgehead atoms. The summed E-state index contributed by atoms with van der Waals surface area (Å²) in [4.78, 5) is 25.7. The first-order chi connectivity index (χ1) is 14.1. The smallest absolute Gasteiger partial charge is 0.274 e. The van der Waals surface area contributed by atoms with Crippen LogP contribution < -0.4 is 15.6 Å². The van der Waals surface area contributed by atoms with E-state index >= 15 is 0 Å². The van der Waals surface area contributed by atoms with E-state index < -0.39 is 0 Å². The van der Waals surface area contributed by atoms with Gasteiger partial charge in [0.2, 0.25) is 0 Å². The highest BCUT2D eigenvalue weighted by atomic mass is 35.5. The Morgan fingerprint density at radius 1 is 1.21 bits per heavy atom. The van der Waals surface area contributed by atoms with Crippen molar-refractivity contribution < 1.29 is 9.53 Å². The lowest BCUT2D eigenvalue weighted by molar-refractivity contribution is 0.0947. The highest BCUT2D eigenvalue weighted by Gasteiger charge is 2.22. The van der Waals surface area contributed by atoms with E-state index in [1.807, 2.05) is 24.3 Å². The molecule has 1 N–H and O–H groups in total. The van der Waals surface area contributed by atoms with Gasteiger partial charge in [-0.1, -0.05) is 42.6 Å². The van der Waals surface area contributed by atoms with Gasteiger partial charge in [0, 0.05) is 10.4 Å². The van der Waals surface area contributed by atoms with Gasteiger partial charge in [-0.05, 0) is 37.1 Å². The molecule has 1 fully saturated rings. The number of nitrogens with zero attached hydrogens (tertiary/aromatic N) is 2. The molecule has 0 spiro atoms. The summed E-state index contributed by atoms with van der Waals surface area (Å²) in [5, 5.41) is 9.36. The molecule has 7 heteroatoms. The van der Waals surface area contributed by atoms with Gasteiger partial charge in [0.25, 0.3) is 11.5 Å². The maximum Gasteiger partial charge on any atom is 0.274 e. The minimum absolute atomic E-state index is 0.0703. The normalized spacial score (nSPS) is 14.3. The van der Waals surface area contributed by atoms with Crippen LogP contribution in [0.1, 0.15) is 47.8 Å². The molecule has 0 unspecified atom stereocenters. The SMILES string of the molecule is COc1ccc(Cl)cc1C(=O)NCc1nn(C2CCCC2)c(=O)c2ccccc12. The summed E-state index contributed by atoms with van der Waals surface area (Å²) in [5.41, 5.74) is 0.953. The van der Waals surface area contributed by atoms with Gasteiger partial charge in [0.1, 0.15) is 5.75 Å². The van der Waals surface area contributed by atoms with Crippen molar-refractivity contribution in [3.63, 3.8) is 0 Å². The van der Waals surface area contributed by atoms with E-state index in [1.165, 1.54) is 7.11 Å². The Bertz CT molecular complexity index is 1120. The second-order valence-electron chi connectivity index (χ2n) is 7.21. The molecule has 0 aliphatic heterocycles. The van der Waals surface area contributed by atoms with Crippen LogP contribution in [0, 0.1) is 0 Å². The second kappa shape index (κ2) is 8.25. The zero-order valence-corrected chi connectivity index (χ0v) is 16.9. The molecule has 0 atom stereocenters. The van der Waals surface area contributed by atoms with E-state index in [9.17, 15) is 9.59 Å². The van der Waals surface area contributed by atoms with Crippen LogP contribution in [-0.2, 0) is 6.54 Å². The number of amides is 1. The number of ether oxygens (including phenoxy) is 1. The number of nitrogens with one attached hydrogen (secondary N) is 1. The minimum Gasteiger partial charge on any atom is -0.496 e. The maximum absolute atomic E-state index is 12.9. The van der Waals surface area contributed by atoms with Crippen LogP contribution in [0.25, 0.3) is 10.8 Å². The lowest BCUT2D eigenvalue weighted by atomic mass is 10.1. The molecule has 150 valence electrons. The molecule has 0 saturated heterocycles. The third-order valence-electron chi connectivity index (χ3n) is 5.40. The number of benzene rings is 2. The fourth-order valence-corrected chi connectivity index (χ4v) is 4.09. The zero-order valence-electron chi connectivity index (χ0n) is 16.2. The molecule has 3 aromatic rings. The average Bonchev–Trinajstić information content (AvgIpc) is 3.28. The van der Waals surface area contributed by atoms with E-state index in [-0.39, 0.29) is 24.1 Å². The standard InChI is InChI=1S/C22H22ClN3O3/c1-29-20-11-10-14(23)12-18(20)21(27)24-13-19-16-8-4-5-9-17(16)22(28)26(25-19)15-6-2-3-7-15/h4-5,8-12,15H,2-3,6-7,13H2,1H3,(H,24,27). The summed E-state index contributed by atoms with van der Waals surface area (Å²) in [6.07, 6.45) is 4.12. The summed E-state index contributed by atoms with van der Waals surface area (Å²) >= 11 is 6.04. The number of carbonyl (C=O) groups is 1. The lowest BCUT2D eigenvalue weighted by Gasteiger charge is -2.16. The number of rotatable bonds is 5. The Balaban J connectivity index is 1.67. The Morgan fingerprint density at radius 2 is 1.93 bits per heavy atom. The molecule has 0 radical (unpaired) electrons. The van der Waals surface area contributed by atoms with Gasteiger partial charge >= 0.3 is 0 Å². The molecule has 1 aliphatic carbocycles. The number of hydrogen-bond donors (Lipinski definition) is 1. The topological polar surface area (TPSA) is 73.2 Å². The highest BCUT2D eigenvalue weighted by molar-refractivity contribution is 6.31. The molecular weight excluding hydrogens is 390 g/mol. The molecule has 2 aromatic carbocycles. The predicted molar refractivity (Wildman–Crippen MR) is 113 cm³/mol. The lowest BCUT2D eigenvalue weighted by Crippen LogP contribution is -2.30. The molecule has 29 heavy (non-hydrogen) atoms. The van der Waals surface area contributed by atoms with Crippen LogP contribution >= 0.6 is 11.6 Å². The van der Waals surface area contributed by atoms with Gasteiger partial charge in [-0.2, -0.15) is 5.10 Å². The molecule has 1 aromatic heterocycles. The third-order valence-corrected chi connectivity index (χ3v) is 5.63. The minimum atomic E-state index is -0.311. The van der Waals surface area contributed by atoms with Crippen molar-refractivity contribution >= 4 is 28.3 Å². The van der Waals surface area contributed by atoms with E-state index in [0.29, 0.717) is 27.4 Å². The van der Waals surface area contributed by atoms with Crippen LogP contribution in [0.4, 0.5) is 0 Å². The van der Waals surface area contributed by atoms with Crippen LogP contribution in [-0.4, -0.2) is 22.8 Å².